The number of alkyl halides is 1. The van der Waals surface area contributed by atoms with Crippen molar-refractivity contribution in [1.29, 1.82) is 0 Å². The van der Waals surface area contributed by atoms with Crippen molar-refractivity contribution in [2.75, 3.05) is 0 Å². The van der Waals surface area contributed by atoms with Crippen molar-refractivity contribution in [2.45, 2.75) is 18.3 Å². The summed E-state index contributed by atoms with van der Waals surface area (Å²) in [6.45, 7) is 2.81. The van der Waals surface area contributed by atoms with Crippen LogP contribution >= 0.6 is 43.2 Å². The van der Waals surface area contributed by atoms with Crippen LogP contribution in [0.4, 0.5) is 0 Å². The zero-order valence-corrected chi connectivity index (χ0v) is 12.0. The third kappa shape index (κ3) is 2.68. The highest BCUT2D eigenvalue weighted by Gasteiger charge is 2.08. The van der Waals surface area contributed by atoms with E-state index < -0.39 is 0 Å². The maximum Gasteiger partial charge on any atom is 0.0960 e. The van der Waals surface area contributed by atoms with Crippen LogP contribution in [-0.4, -0.2) is 15.0 Å². The first-order valence-electron chi connectivity index (χ1n) is 4.43. The molecule has 2 aromatic rings. The normalized spacial score (nSPS) is 13.0. The molecule has 2 rings (SSSR count). The molecule has 0 aliphatic rings. The molecule has 0 fully saturated rings. The molecule has 80 valence electrons. The van der Waals surface area contributed by atoms with E-state index in [1.807, 2.05) is 23.9 Å². The van der Waals surface area contributed by atoms with E-state index in [2.05, 4.69) is 47.6 Å². The van der Waals surface area contributed by atoms with Gasteiger partial charge in [-0.15, -0.1) is 16.4 Å². The Bertz CT molecular complexity index is 450. The summed E-state index contributed by atoms with van der Waals surface area (Å²) in [5.41, 5.74) is 0.961. The summed E-state index contributed by atoms with van der Waals surface area (Å²) in [4.78, 5) is 1.51. The van der Waals surface area contributed by atoms with Gasteiger partial charge < -0.3 is 0 Å². The van der Waals surface area contributed by atoms with Gasteiger partial charge in [-0.05, 0) is 34.3 Å². The van der Waals surface area contributed by atoms with E-state index in [4.69, 9.17) is 0 Å². The van der Waals surface area contributed by atoms with Crippen LogP contribution in [0.5, 0.6) is 0 Å². The molecule has 0 saturated heterocycles. The molecule has 0 aromatic carbocycles. The van der Waals surface area contributed by atoms with Gasteiger partial charge in [0.1, 0.15) is 0 Å². The second-order valence-electron chi connectivity index (χ2n) is 3.15. The number of thiophene rings is 1. The second-order valence-corrected chi connectivity index (χ2v) is 6.38. The summed E-state index contributed by atoms with van der Waals surface area (Å²) in [5, 5.41) is 10.2. The zero-order valence-electron chi connectivity index (χ0n) is 8.02. The van der Waals surface area contributed by atoms with Crippen LogP contribution in [0.2, 0.25) is 0 Å². The first-order valence-corrected chi connectivity index (χ1v) is 7.01. The topological polar surface area (TPSA) is 30.7 Å². The maximum atomic E-state index is 4.08. The van der Waals surface area contributed by atoms with Gasteiger partial charge >= 0.3 is 0 Å². The third-order valence-corrected chi connectivity index (χ3v) is 4.34. The van der Waals surface area contributed by atoms with Gasteiger partial charge in [-0.25, -0.2) is 4.68 Å². The number of hydrogen-bond acceptors (Lipinski definition) is 3. The Labute approximate surface area is 109 Å². The first-order chi connectivity index (χ1) is 7.16. The highest BCUT2D eigenvalue weighted by molar-refractivity contribution is 9.10. The SMILES string of the molecule is CC(Br)c1cn(Cc2sccc2Br)nn1. The average molecular weight is 351 g/mol. The van der Waals surface area contributed by atoms with Gasteiger partial charge in [-0.2, -0.15) is 0 Å². The number of aromatic nitrogens is 3. The van der Waals surface area contributed by atoms with Gasteiger partial charge in [-0.1, -0.05) is 21.1 Å². The maximum absolute atomic E-state index is 4.08. The zero-order chi connectivity index (χ0) is 10.8. The summed E-state index contributed by atoms with van der Waals surface area (Å²) in [6, 6.07) is 2.05. The molecule has 15 heavy (non-hydrogen) atoms. The summed E-state index contributed by atoms with van der Waals surface area (Å²) in [7, 11) is 0. The van der Waals surface area contributed by atoms with Gasteiger partial charge in [0.05, 0.1) is 17.1 Å². The summed E-state index contributed by atoms with van der Waals surface area (Å²) in [5.74, 6) is 0. The van der Waals surface area contributed by atoms with Gasteiger partial charge in [0.25, 0.3) is 0 Å². The number of hydrogen-bond donors (Lipinski definition) is 0. The van der Waals surface area contributed by atoms with Crippen LogP contribution in [-0.2, 0) is 6.54 Å². The molecule has 0 radical (unpaired) electrons. The van der Waals surface area contributed by atoms with E-state index in [9.17, 15) is 0 Å². The van der Waals surface area contributed by atoms with Crippen LogP contribution in [0.15, 0.2) is 22.1 Å². The van der Waals surface area contributed by atoms with Crippen LogP contribution < -0.4 is 0 Å². The minimum absolute atomic E-state index is 0.248. The number of halogens is 2. The molecular weight excluding hydrogens is 342 g/mol. The van der Waals surface area contributed by atoms with Crippen molar-refractivity contribution in [3.63, 3.8) is 0 Å². The molecule has 1 atom stereocenters. The molecule has 0 saturated carbocycles. The second kappa shape index (κ2) is 4.76. The van der Waals surface area contributed by atoms with E-state index in [0.29, 0.717) is 0 Å². The Kier molecular flexibility index (Phi) is 3.58. The standard InChI is InChI=1S/C9H9Br2N3S/c1-6(10)8-4-14(13-12-8)5-9-7(11)2-3-15-9/h2-4,6H,5H2,1H3. The van der Waals surface area contributed by atoms with Gasteiger partial charge in [-0.3, -0.25) is 0 Å². The molecule has 2 heterocycles. The van der Waals surface area contributed by atoms with Crippen molar-refractivity contribution >= 4 is 43.2 Å². The quantitative estimate of drug-likeness (QED) is 0.792. The molecule has 0 spiro atoms. The fourth-order valence-electron chi connectivity index (χ4n) is 1.16. The van der Waals surface area contributed by atoms with Crippen LogP contribution in [0.3, 0.4) is 0 Å². The predicted molar refractivity (Wildman–Crippen MR) is 68.5 cm³/mol. The molecule has 0 aliphatic heterocycles. The largest absolute Gasteiger partial charge is 0.247 e. The summed E-state index contributed by atoms with van der Waals surface area (Å²) >= 11 is 8.68. The van der Waals surface area contributed by atoms with Crippen molar-refractivity contribution in [3.8, 4) is 0 Å². The summed E-state index contributed by atoms with van der Waals surface area (Å²) < 4.78 is 2.99. The molecule has 6 heteroatoms. The summed E-state index contributed by atoms with van der Waals surface area (Å²) in [6.07, 6.45) is 1.96. The van der Waals surface area contributed by atoms with E-state index in [1.54, 1.807) is 11.3 Å². The van der Waals surface area contributed by atoms with Crippen molar-refractivity contribution in [1.82, 2.24) is 15.0 Å². The fourth-order valence-corrected chi connectivity index (χ4v) is 2.84. The monoisotopic (exact) mass is 349 g/mol. The van der Waals surface area contributed by atoms with E-state index in [-0.39, 0.29) is 4.83 Å². The highest BCUT2D eigenvalue weighted by Crippen LogP contribution is 2.24. The Morgan fingerprint density at radius 1 is 1.60 bits per heavy atom. The lowest BCUT2D eigenvalue weighted by Crippen LogP contribution is -1.98. The van der Waals surface area contributed by atoms with Gasteiger partial charge in [0.2, 0.25) is 0 Å². The van der Waals surface area contributed by atoms with Crippen LogP contribution in [0.1, 0.15) is 22.3 Å². The predicted octanol–water partition coefficient (Wildman–Crippen LogP) is 3.61. The van der Waals surface area contributed by atoms with E-state index in [1.165, 1.54) is 4.88 Å². The Hall–Kier alpha value is -0.200. The Morgan fingerprint density at radius 2 is 2.40 bits per heavy atom. The van der Waals surface area contributed by atoms with Crippen LogP contribution in [0.25, 0.3) is 0 Å². The Morgan fingerprint density at radius 3 is 2.93 bits per heavy atom. The van der Waals surface area contributed by atoms with Gasteiger partial charge in [0.15, 0.2) is 0 Å². The molecule has 2 aromatic heterocycles. The Balaban J connectivity index is 2.15. The lowest BCUT2D eigenvalue weighted by atomic mass is 10.4. The molecular formula is C9H9Br2N3S. The molecule has 0 amide bonds. The minimum Gasteiger partial charge on any atom is -0.247 e. The lowest BCUT2D eigenvalue weighted by molar-refractivity contribution is 0.654. The molecule has 0 aliphatic carbocycles. The number of rotatable bonds is 3. The van der Waals surface area contributed by atoms with Crippen molar-refractivity contribution in [3.05, 3.63) is 32.7 Å². The lowest BCUT2D eigenvalue weighted by Gasteiger charge is -1.97. The first kappa shape index (κ1) is 11.3. The smallest absolute Gasteiger partial charge is 0.0960 e. The molecule has 0 N–H and O–H groups in total. The fraction of sp³-hybridized carbons (Fsp3) is 0.333. The minimum atomic E-state index is 0.248. The van der Waals surface area contributed by atoms with E-state index in [0.717, 1.165) is 16.7 Å². The highest BCUT2D eigenvalue weighted by atomic mass is 79.9. The third-order valence-electron chi connectivity index (χ3n) is 1.96. The molecule has 0 bridgehead atoms. The number of nitrogens with zero attached hydrogens (tertiary/aromatic N) is 3. The average Bonchev–Trinajstić information content (AvgIpc) is 2.77. The van der Waals surface area contributed by atoms with Crippen LogP contribution in [0, 0.1) is 0 Å². The van der Waals surface area contributed by atoms with E-state index >= 15 is 0 Å². The van der Waals surface area contributed by atoms with Crippen molar-refractivity contribution in [2.24, 2.45) is 0 Å². The molecule has 3 nitrogen and oxygen atoms in total. The molecule has 1 unspecified atom stereocenters. The van der Waals surface area contributed by atoms with Gasteiger partial charge in [0, 0.05) is 15.5 Å². The van der Waals surface area contributed by atoms with Crippen molar-refractivity contribution < 1.29 is 0 Å².